The van der Waals surface area contributed by atoms with Crippen molar-refractivity contribution in [3.05, 3.63) is 47.3 Å². The number of aliphatic hydroxyl groups excluding tert-OH is 1. The Morgan fingerprint density at radius 1 is 1.29 bits per heavy atom. The fourth-order valence-corrected chi connectivity index (χ4v) is 5.47. The first-order valence-corrected chi connectivity index (χ1v) is 17.1. The van der Waals surface area contributed by atoms with Gasteiger partial charge in [-0.2, -0.15) is 4.98 Å². The number of fused-ring (bicyclic) bond motifs is 1. The Bertz CT molecular complexity index is 1370. The third kappa shape index (κ3) is 7.89. The predicted octanol–water partition coefficient (Wildman–Crippen LogP) is 1.90. The number of ether oxygens (including phenoxy) is 1. The van der Waals surface area contributed by atoms with E-state index < -0.39 is 53.3 Å². The summed E-state index contributed by atoms with van der Waals surface area (Å²) in [6.45, 7) is 13.0. The Labute approximate surface area is 239 Å². The number of carbonyl (C=O) groups is 1. The summed E-state index contributed by atoms with van der Waals surface area (Å²) >= 11 is 0. The van der Waals surface area contributed by atoms with Crippen LogP contribution < -0.4 is 20.8 Å². The number of nitrogens with zero attached hydrogens (tertiary/aromatic N) is 3. The summed E-state index contributed by atoms with van der Waals surface area (Å²) in [7, 11) is -5.76. The number of H-pyrrole nitrogens is 2. The number of aromatic nitrogens is 5. The molecule has 3 aromatic heterocycles. The third-order valence-electron chi connectivity index (χ3n) is 6.99. The number of rotatable bonds is 8. The van der Waals surface area contributed by atoms with Gasteiger partial charge in [-0.3, -0.25) is 24.5 Å². The second-order valence-corrected chi connectivity index (χ2v) is 16.8. The lowest BCUT2D eigenvalue weighted by Gasteiger charge is -2.39. The van der Waals surface area contributed by atoms with E-state index in [9.17, 15) is 24.2 Å². The van der Waals surface area contributed by atoms with Gasteiger partial charge in [0.2, 0.25) is 11.9 Å². The third-order valence-corrected chi connectivity index (χ3v) is 11.9. The monoisotopic (exact) mass is 609 g/mol. The maximum absolute atomic E-state index is 12.6. The first-order valence-electron chi connectivity index (χ1n) is 13.1. The highest BCUT2D eigenvalue weighted by molar-refractivity contribution is 7.30. The van der Waals surface area contributed by atoms with Crippen LogP contribution in [0, 0.1) is 5.92 Å². The van der Waals surface area contributed by atoms with Gasteiger partial charge in [0.25, 0.3) is 5.56 Å². The van der Waals surface area contributed by atoms with Gasteiger partial charge >= 0.3 is 8.25 Å². The number of hydrogen-bond acceptors (Lipinski definition) is 10. The molecule has 0 bridgehead atoms. The van der Waals surface area contributed by atoms with Crippen LogP contribution >= 0.6 is 8.25 Å². The normalized spacial score (nSPS) is 21.5. The standard InChI is InChI=1S/C20H32N5O8PSi.C5H5N/c1-10(2)16(27)23-19-22-15-12(17(28)24-19)21-9-25(15)18-14(32-34(29)30)13(11(8-26)31-18)33-35(6,7)20(3,4)5;1-2-4-6-5-3-1/h9-11,13-14,18,26H,8H2,1-7H3,(H2,22,23,24,27,28);1-5H/p+1/t11-,13-,14-,18-;/m1./s1. The lowest BCUT2D eigenvalue weighted by molar-refractivity contribution is -0.377. The Morgan fingerprint density at radius 3 is 2.44 bits per heavy atom. The number of anilines is 1. The van der Waals surface area contributed by atoms with Crippen LogP contribution in [0.4, 0.5) is 5.95 Å². The number of aliphatic hydroxyl groups is 1. The largest absolute Gasteiger partial charge is 0.566 e. The first-order chi connectivity index (χ1) is 19.2. The summed E-state index contributed by atoms with van der Waals surface area (Å²) in [6.07, 6.45) is 0.868. The molecule has 4 N–H and O–H groups in total. The van der Waals surface area contributed by atoms with Crippen LogP contribution in [-0.2, 0) is 23.0 Å². The Hall–Kier alpha value is -2.91. The highest BCUT2D eigenvalue weighted by Gasteiger charge is 2.54. The average molecular weight is 610 g/mol. The maximum Gasteiger partial charge on any atom is 0.489 e. The van der Waals surface area contributed by atoms with Crippen LogP contribution in [0.2, 0.25) is 18.1 Å². The van der Waals surface area contributed by atoms with E-state index in [1.807, 2.05) is 64.5 Å². The molecular weight excluding hydrogens is 571 g/mol. The SMILES string of the molecule is CC(C)C(=O)Nc1nc2c(ncn2[C@@H]2O[C@H](CO)[C@@H](O[Si](C)(C)C(C)(C)C)[C@H]2O[P+](=O)[O-])c(=O)[nH]1.c1cc[nH+]cc1. The first kappa shape index (κ1) is 32.6. The summed E-state index contributed by atoms with van der Waals surface area (Å²) in [5.41, 5.74) is -0.612. The molecule has 0 spiro atoms. The van der Waals surface area contributed by atoms with Gasteiger partial charge in [-0.1, -0.05) is 40.7 Å². The van der Waals surface area contributed by atoms with E-state index in [1.54, 1.807) is 13.8 Å². The summed E-state index contributed by atoms with van der Waals surface area (Å²) in [6, 6.07) is 5.86. The Balaban J connectivity index is 0.000000681. The molecule has 0 aromatic carbocycles. The van der Waals surface area contributed by atoms with E-state index in [0.717, 1.165) is 0 Å². The molecule has 1 aliphatic rings. The van der Waals surface area contributed by atoms with Crippen molar-refractivity contribution in [2.24, 2.45) is 5.92 Å². The number of nitrogens with one attached hydrogen (secondary N) is 3. The average Bonchev–Trinajstić information content (AvgIpc) is 3.45. The van der Waals surface area contributed by atoms with Crippen molar-refractivity contribution >= 4 is 39.6 Å². The van der Waals surface area contributed by atoms with Crippen molar-refractivity contribution in [2.45, 2.75) is 77.3 Å². The zero-order valence-corrected chi connectivity index (χ0v) is 26.0. The van der Waals surface area contributed by atoms with Gasteiger partial charge in [0.15, 0.2) is 44.2 Å². The highest BCUT2D eigenvalue weighted by Crippen LogP contribution is 2.43. The quantitative estimate of drug-likeness (QED) is 0.251. The van der Waals surface area contributed by atoms with Crippen molar-refractivity contribution in [1.29, 1.82) is 0 Å². The van der Waals surface area contributed by atoms with Gasteiger partial charge in [-0.15, -0.1) is 4.52 Å². The van der Waals surface area contributed by atoms with E-state index in [-0.39, 0.29) is 34.0 Å². The highest BCUT2D eigenvalue weighted by atomic mass is 31.1. The van der Waals surface area contributed by atoms with Gasteiger partial charge in [0.1, 0.15) is 12.2 Å². The van der Waals surface area contributed by atoms with Crippen LogP contribution in [0.1, 0.15) is 40.8 Å². The van der Waals surface area contributed by atoms with E-state index in [4.69, 9.17) is 13.7 Å². The van der Waals surface area contributed by atoms with Crippen LogP contribution in [0.3, 0.4) is 0 Å². The van der Waals surface area contributed by atoms with Crippen LogP contribution in [0.15, 0.2) is 41.7 Å². The van der Waals surface area contributed by atoms with Gasteiger partial charge in [-0.25, -0.2) is 9.97 Å². The fourth-order valence-electron chi connectivity index (χ4n) is 3.72. The molecule has 16 heteroatoms. The Kier molecular flexibility index (Phi) is 10.6. The van der Waals surface area contributed by atoms with E-state index >= 15 is 0 Å². The summed E-state index contributed by atoms with van der Waals surface area (Å²) in [5.74, 6) is -0.812. The molecule has 4 rings (SSSR count). The second kappa shape index (κ2) is 13.4. The van der Waals surface area contributed by atoms with Crippen LogP contribution in [0.5, 0.6) is 0 Å². The minimum absolute atomic E-state index is 0.0391. The molecule has 0 radical (unpaired) electrons. The molecule has 41 heavy (non-hydrogen) atoms. The van der Waals surface area contributed by atoms with Crippen molar-refractivity contribution in [3.63, 3.8) is 0 Å². The summed E-state index contributed by atoms with van der Waals surface area (Å²) in [4.78, 5) is 50.0. The molecule has 5 atom stereocenters. The van der Waals surface area contributed by atoms with Gasteiger partial charge in [-0.05, 0) is 22.7 Å². The molecule has 0 aliphatic carbocycles. The molecule has 1 saturated heterocycles. The molecule has 1 amide bonds. The van der Waals surface area contributed by atoms with Crippen molar-refractivity contribution in [1.82, 2.24) is 19.5 Å². The molecule has 4 heterocycles. The van der Waals surface area contributed by atoms with Gasteiger partial charge in [0, 0.05) is 18.1 Å². The van der Waals surface area contributed by atoms with Crippen molar-refractivity contribution in [3.8, 4) is 0 Å². The van der Waals surface area contributed by atoms with E-state index in [1.165, 1.54) is 10.9 Å². The molecule has 14 nitrogen and oxygen atoms in total. The molecule has 1 unspecified atom stereocenters. The topological polar surface area (TPSA) is 195 Å². The van der Waals surface area contributed by atoms with Crippen LogP contribution in [-0.4, -0.2) is 63.8 Å². The zero-order chi connectivity index (χ0) is 30.5. The minimum Gasteiger partial charge on any atom is -0.566 e. The number of amides is 1. The molecular formula is C25H38N6O8PSi+. The molecule has 3 aromatic rings. The Morgan fingerprint density at radius 2 is 1.95 bits per heavy atom. The second-order valence-electron chi connectivity index (χ2n) is 11.3. The van der Waals surface area contributed by atoms with Crippen molar-refractivity contribution < 1.29 is 38.0 Å². The van der Waals surface area contributed by atoms with Gasteiger partial charge in [0.05, 0.1) is 12.9 Å². The molecule has 1 fully saturated rings. The van der Waals surface area contributed by atoms with E-state index in [0.29, 0.717) is 0 Å². The number of aromatic amines is 2. The van der Waals surface area contributed by atoms with E-state index in [2.05, 4.69) is 25.3 Å². The maximum atomic E-state index is 12.6. The zero-order valence-electron chi connectivity index (χ0n) is 24.2. The number of imidazole rings is 1. The predicted molar refractivity (Wildman–Crippen MR) is 150 cm³/mol. The number of hydrogen-bond donors (Lipinski definition) is 3. The minimum atomic E-state index is -3.31. The molecule has 0 saturated carbocycles. The fraction of sp³-hybridized carbons (Fsp3) is 0.560. The number of carbonyl (C=O) groups excluding carboxylic acids is 1. The smallest absolute Gasteiger partial charge is 0.489 e. The lowest BCUT2D eigenvalue weighted by Crippen LogP contribution is -2.50. The summed E-state index contributed by atoms with van der Waals surface area (Å²) < 4.78 is 30.6. The summed E-state index contributed by atoms with van der Waals surface area (Å²) in [5, 5.41) is 12.3. The van der Waals surface area contributed by atoms with Gasteiger partial charge < -0.3 is 19.2 Å². The molecule has 1 aliphatic heterocycles. The number of pyridine rings is 1. The molecule has 224 valence electrons. The van der Waals surface area contributed by atoms with Crippen molar-refractivity contribution in [2.75, 3.05) is 11.9 Å². The lowest BCUT2D eigenvalue weighted by atomic mass is 10.1. The van der Waals surface area contributed by atoms with Crippen LogP contribution in [0.25, 0.3) is 11.2 Å².